The van der Waals surface area contributed by atoms with Gasteiger partial charge in [0.05, 0.1) is 30.9 Å². The fourth-order valence-corrected chi connectivity index (χ4v) is 8.68. The van der Waals surface area contributed by atoms with Gasteiger partial charge < -0.3 is 28.5 Å². The lowest BCUT2D eigenvalue weighted by atomic mass is 9.87. The summed E-state index contributed by atoms with van der Waals surface area (Å²) < 4.78 is 19.8. The number of esters is 1. The van der Waals surface area contributed by atoms with Crippen molar-refractivity contribution >= 4 is 40.2 Å². The predicted octanol–water partition coefficient (Wildman–Crippen LogP) is 9.77. The van der Waals surface area contributed by atoms with Crippen molar-refractivity contribution in [2.24, 2.45) is 10.8 Å². The van der Waals surface area contributed by atoms with E-state index in [0.717, 1.165) is 81.7 Å². The number of carbonyl (C=O) groups is 2. The Labute approximate surface area is 350 Å². The summed E-state index contributed by atoms with van der Waals surface area (Å²) in [5, 5.41) is 11.9. The van der Waals surface area contributed by atoms with E-state index >= 15 is 0 Å². The minimum absolute atomic E-state index is 0.00496. The van der Waals surface area contributed by atoms with Crippen molar-refractivity contribution in [2.45, 2.75) is 102 Å². The zero-order valence-corrected chi connectivity index (χ0v) is 36.0. The number of hydrogen-bond acceptors (Lipinski definition) is 11. The summed E-state index contributed by atoms with van der Waals surface area (Å²) in [5.41, 5.74) is 6.09. The quantitative estimate of drug-likeness (QED) is 0.0261. The maximum atomic E-state index is 13.8. The first kappa shape index (κ1) is 43.2. The third kappa shape index (κ3) is 10.8. The molecule has 3 heterocycles. The van der Waals surface area contributed by atoms with Crippen LogP contribution in [0, 0.1) is 10.3 Å². The average molecular weight is 822 g/mol. The van der Waals surface area contributed by atoms with Crippen molar-refractivity contribution in [1.82, 2.24) is 14.8 Å². The molecule has 12 nitrogen and oxygen atoms in total. The zero-order valence-electron chi connectivity index (χ0n) is 35.2. The SMILES string of the molecule is COc1ccc(-c2ccc(Cn3c(CC(C)(C)C(=O)OCCCCCCON=O)c(SC(C)(C)C)c4cc(OC[C@@H]5Cc6ccccc6N5C(C)=O)ccc43)cc2)nn1. The number of fused-ring (bicyclic) bond motifs is 2. The highest BCUT2D eigenvalue weighted by molar-refractivity contribution is 8.00. The van der Waals surface area contributed by atoms with Gasteiger partial charge in [0.15, 0.2) is 5.34 Å². The van der Waals surface area contributed by atoms with Crippen LogP contribution in [0.3, 0.4) is 0 Å². The van der Waals surface area contributed by atoms with E-state index in [1.165, 1.54) is 0 Å². The van der Waals surface area contributed by atoms with Gasteiger partial charge in [-0.05, 0) is 87.4 Å². The average Bonchev–Trinajstić information content (AvgIpc) is 3.72. The van der Waals surface area contributed by atoms with Crippen molar-refractivity contribution in [3.63, 3.8) is 0 Å². The zero-order chi connectivity index (χ0) is 42.2. The molecule has 0 saturated heterocycles. The molecular weight excluding hydrogens is 767 g/mol. The van der Waals surface area contributed by atoms with Gasteiger partial charge in [0, 0.05) is 63.4 Å². The summed E-state index contributed by atoms with van der Waals surface area (Å²) in [6, 6.07) is 26.1. The van der Waals surface area contributed by atoms with E-state index in [2.05, 4.69) is 76.0 Å². The Morgan fingerprint density at radius 3 is 2.32 bits per heavy atom. The molecule has 0 fully saturated rings. The lowest BCUT2D eigenvalue weighted by molar-refractivity contribution is -0.154. The molecule has 3 aromatic carbocycles. The van der Waals surface area contributed by atoms with Gasteiger partial charge in [-0.2, -0.15) is 0 Å². The number of thioether (sulfide) groups is 1. The van der Waals surface area contributed by atoms with Gasteiger partial charge in [0.1, 0.15) is 19.0 Å². The molecule has 0 spiro atoms. The predicted molar refractivity (Wildman–Crippen MR) is 232 cm³/mol. The highest BCUT2D eigenvalue weighted by Gasteiger charge is 2.35. The summed E-state index contributed by atoms with van der Waals surface area (Å²) in [6.07, 6.45) is 4.32. The second kappa shape index (κ2) is 19.1. The summed E-state index contributed by atoms with van der Waals surface area (Å²) in [5.74, 6) is 0.916. The van der Waals surface area contributed by atoms with Crippen LogP contribution in [0.2, 0.25) is 0 Å². The van der Waals surface area contributed by atoms with Crippen LogP contribution in [-0.4, -0.2) is 64.4 Å². The van der Waals surface area contributed by atoms with Gasteiger partial charge in [-0.3, -0.25) is 9.59 Å². The van der Waals surface area contributed by atoms with Crippen LogP contribution in [-0.2, 0) is 38.5 Å². The number of amides is 1. The molecule has 0 radical (unpaired) electrons. The molecule has 5 aromatic rings. The van der Waals surface area contributed by atoms with E-state index in [1.807, 2.05) is 61.2 Å². The molecule has 2 aromatic heterocycles. The molecule has 0 aliphatic carbocycles. The standard InChI is InChI=1S/C46H55N5O7S/c1-31(52)51-35(26-34-14-10-11-15-39(34)51)30-57-36-20-22-40-37(27-36)43(59-45(2,3)4)41(28-46(5,6)44(53)56-24-12-8-9-13-25-58-49-54)50(40)29-32-16-18-33(19-17-32)38-21-23-42(55-7)48-47-38/h10-11,14-23,27,35H,8-9,12-13,24-26,28-30H2,1-7H3/t35-/m0/s1. The van der Waals surface area contributed by atoms with E-state index in [9.17, 15) is 14.5 Å². The topological polar surface area (TPSA) is 134 Å². The lowest BCUT2D eigenvalue weighted by Crippen LogP contribution is -2.40. The van der Waals surface area contributed by atoms with E-state index in [4.69, 9.17) is 14.2 Å². The first-order valence-electron chi connectivity index (χ1n) is 20.2. The Bertz CT molecular complexity index is 2230. The molecule has 59 heavy (non-hydrogen) atoms. The van der Waals surface area contributed by atoms with Crippen LogP contribution in [0.1, 0.15) is 84.0 Å². The van der Waals surface area contributed by atoms with Crippen molar-refractivity contribution in [3.05, 3.63) is 101 Å². The smallest absolute Gasteiger partial charge is 0.311 e. The van der Waals surface area contributed by atoms with Crippen molar-refractivity contribution in [2.75, 3.05) is 31.8 Å². The third-order valence-electron chi connectivity index (χ3n) is 10.4. The van der Waals surface area contributed by atoms with Crippen LogP contribution in [0.15, 0.2) is 89.1 Å². The van der Waals surface area contributed by atoms with Gasteiger partial charge in [-0.1, -0.05) is 63.2 Å². The molecule has 13 heteroatoms. The number of para-hydroxylation sites is 1. The molecular formula is C46H55N5O7S. The van der Waals surface area contributed by atoms with Crippen molar-refractivity contribution in [3.8, 4) is 22.9 Å². The largest absolute Gasteiger partial charge is 0.491 e. The Morgan fingerprint density at radius 1 is 0.898 bits per heavy atom. The highest BCUT2D eigenvalue weighted by atomic mass is 32.2. The number of benzene rings is 3. The van der Waals surface area contributed by atoms with E-state index in [0.29, 0.717) is 44.4 Å². The highest BCUT2D eigenvalue weighted by Crippen LogP contribution is 2.45. The van der Waals surface area contributed by atoms with Gasteiger partial charge in [0.2, 0.25) is 11.8 Å². The number of aromatic nitrogens is 3. The number of hydrogen-bond donors (Lipinski definition) is 0. The molecule has 1 aliphatic heterocycles. The second-order valence-corrected chi connectivity index (χ2v) is 18.5. The molecule has 0 N–H and O–H groups in total. The first-order valence-corrected chi connectivity index (χ1v) is 21.0. The van der Waals surface area contributed by atoms with Crippen LogP contribution >= 0.6 is 11.8 Å². The maximum Gasteiger partial charge on any atom is 0.311 e. The summed E-state index contributed by atoms with van der Waals surface area (Å²) in [7, 11) is 1.57. The number of nitrogens with zero attached hydrogens (tertiary/aromatic N) is 5. The summed E-state index contributed by atoms with van der Waals surface area (Å²) >= 11 is 1.78. The van der Waals surface area contributed by atoms with Crippen LogP contribution in [0.25, 0.3) is 22.2 Å². The van der Waals surface area contributed by atoms with E-state index < -0.39 is 5.41 Å². The molecule has 312 valence electrons. The fourth-order valence-electron chi connectivity index (χ4n) is 7.49. The number of carbonyl (C=O) groups excluding carboxylic acids is 2. The van der Waals surface area contributed by atoms with Gasteiger partial charge in [0.25, 0.3) is 0 Å². The number of methoxy groups -OCH3 is 1. The minimum Gasteiger partial charge on any atom is -0.491 e. The normalized spacial score (nSPS) is 13.9. The Kier molecular flexibility index (Phi) is 14.0. The van der Waals surface area contributed by atoms with Gasteiger partial charge in [-0.15, -0.1) is 26.9 Å². The maximum absolute atomic E-state index is 13.8. The van der Waals surface area contributed by atoms with Gasteiger partial charge >= 0.3 is 5.97 Å². The fraction of sp³-hybridized carbons (Fsp3) is 0.435. The second-order valence-electron chi connectivity index (χ2n) is 16.6. The number of anilines is 1. The van der Waals surface area contributed by atoms with E-state index in [1.54, 1.807) is 31.9 Å². The lowest BCUT2D eigenvalue weighted by Gasteiger charge is -2.26. The van der Waals surface area contributed by atoms with Crippen molar-refractivity contribution < 1.29 is 28.6 Å². The number of rotatable bonds is 19. The van der Waals surface area contributed by atoms with Crippen molar-refractivity contribution in [1.29, 1.82) is 0 Å². The monoisotopic (exact) mass is 821 g/mol. The molecule has 1 atom stereocenters. The first-order chi connectivity index (χ1) is 28.3. The Balaban J connectivity index is 1.31. The Hall–Kier alpha value is -5.43. The third-order valence-corrected chi connectivity index (χ3v) is 11.6. The minimum atomic E-state index is -0.841. The van der Waals surface area contributed by atoms with Crippen LogP contribution < -0.4 is 14.4 Å². The van der Waals surface area contributed by atoms with Crippen LogP contribution in [0.4, 0.5) is 5.69 Å². The van der Waals surface area contributed by atoms with Crippen LogP contribution in [0.5, 0.6) is 11.6 Å². The van der Waals surface area contributed by atoms with E-state index in [-0.39, 0.29) is 22.7 Å². The molecule has 1 aliphatic rings. The number of ether oxygens (including phenoxy) is 3. The Morgan fingerprint density at radius 2 is 1.64 bits per heavy atom. The molecule has 0 saturated carbocycles. The molecule has 6 rings (SSSR count). The summed E-state index contributed by atoms with van der Waals surface area (Å²) in [4.78, 5) is 44.2. The van der Waals surface area contributed by atoms with Gasteiger partial charge in [-0.25, -0.2) is 0 Å². The molecule has 1 amide bonds. The molecule has 0 bridgehead atoms. The molecule has 0 unspecified atom stereocenters. The summed E-state index contributed by atoms with van der Waals surface area (Å²) in [6.45, 7) is 13.6. The number of unbranched alkanes of at least 4 members (excludes halogenated alkanes) is 3.